The lowest BCUT2D eigenvalue weighted by atomic mass is 10.3. The van der Waals surface area contributed by atoms with Gasteiger partial charge in [-0.3, -0.25) is 0 Å². The Kier molecular flexibility index (Phi) is 5.15. The number of piperazine rings is 1. The number of hydrogen-bond donors (Lipinski definition) is 0. The van der Waals surface area contributed by atoms with Gasteiger partial charge >= 0.3 is 0 Å². The molecule has 9 nitrogen and oxygen atoms in total. The van der Waals surface area contributed by atoms with Crippen molar-refractivity contribution in [1.82, 2.24) is 23.8 Å². The van der Waals surface area contributed by atoms with E-state index < -0.39 is 10.0 Å². The Morgan fingerprint density at radius 1 is 1.15 bits per heavy atom. The van der Waals surface area contributed by atoms with Gasteiger partial charge in [0.1, 0.15) is 11.6 Å². The highest BCUT2D eigenvalue weighted by molar-refractivity contribution is 7.89. The highest BCUT2D eigenvalue weighted by Gasteiger charge is 2.31. The lowest BCUT2D eigenvalue weighted by Crippen LogP contribution is -2.49. The van der Waals surface area contributed by atoms with Crippen molar-refractivity contribution in [3.8, 4) is 5.88 Å². The molecule has 0 aromatic carbocycles. The number of ether oxygens (including phenoxy) is 1. The number of sulfonamides is 1. The fourth-order valence-corrected chi connectivity index (χ4v) is 4.16. The molecule has 1 fully saturated rings. The van der Waals surface area contributed by atoms with Crippen LogP contribution in [0.5, 0.6) is 5.88 Å². The summed E-state index contributed by atoms with van der Waals surface area (Å²) in [6.45, 7) is 7.61. The molecule has 2 aromatic heterocycles. The van der Waals surface area contributed by atoms with Crippen LogP contribution in [0.1, 0.15) is 25.7 Å². The van der Waals surface area contributed by atoms with Crippen molar-refractivity contribution in [3.05, 3.63) is 24.4 Å². The van der Waals surface area contributed by atoms with E-state index >= 15 is 0 Å². The molecule has 1 aliphatic heterocycles. The van der Waals surface area contributed by atoms with Crippen LogP contribution in [-0.2, 0) is 10.0 Å². The Balaban J connectivity index is 1.72. The molecule has 10 heteroatoms. The summed E-state index contributed by atoms with van der Waals surface area (Å²) in [4.78, 5) is 14.7. The number of aryl methyl sites for hydroxylation is 1. The van der Waals surface area contributed by atoms with E-state index in [1.807, 2.05) is 18.7 Å². The topological polar surface area (TPSA) is 93.5 Å². The Bertz CT molecular complexity index is 872. The molecular formula is C16H24N6O3S. The lowest BCUT2D eigenvalue weighted by Gasteiger charge is -2.34. The predicted molar refractivity (Wildman–Crippen MR) is 96.9 cm³/mol. The minimum absolute atomic E-state index is 0.0965. The Labute approximate surface area is 153 Å². The summed E-state index contributed by atoms with van der Waals surface area (Å²) in [6.07, 6.45) is 3.15. The zero-order valence-corrected chi connectivity index (χ0v) is 16.3. The quantitative estimate of drug-likeness (QED) is 0.766. The number of anilines is 1. The normalized spacial score (nSPS) is 16.3. The van der Waals surface area contributed by atoms with Gasteiger partial charge in [-0.05, 0) is 20.8 Å². The van der Waals surface area contributed by atoms with Crippen molar-refractivity contribution in [2.75, 3.05) is 38.2 Å². The maximum absolute atomic E-state index is 12.8. The number of aromatic nitrogens is 4. The van der Waals surface area contributed by atoms with Crippen LogP contribution in [-0.4, -0.2) is 65.5 Å². The van der Waals surface area contributed by atoms with E-state index in [4.69, 9.17) is 4.74 Å². The maximum atomic E-state index is 12.8. The maximum Gasteiger partial charge on any atom is 0.262 e. The van der Waals surface area contributed by atoms with E-state index in [9.17, 15) is 8.42 Å². The lowest BCUT2D eigenvalue weighted by molar-refractivity contribution is 0.379. The summed E-state index contributed by atoms with van der Waals surface area (Å²) in [7, 11) is -2.02. The van der Waals surface area contributed by atoms with Gasteiger partial charge in [-0.1, -0.05) is 0 Å². The number of imidazole rings is 1. The van der Waals surface area contributed by atoms with E-state index in [1.54, 1.807) is 37.2 Å². The molecule has 0 N–H and O–H groups in total. The zero-order valence-electron chi connectivity index (χ0n) is 15.5. The molecule has 0 spiro atoms. The average Bonchev–Trinajstić information content (AvgIpc) is 3.12. The van der Waals surface area contributed by atoms with E-state index in [0.717, 1.165) is 5.82 Å². The summed E-state index contributed by atoms with van der Waals surface area (Å²) in [6, 6.07) is 1.93. The van der Waals surface area contributed by atoms with E-state index in [-0.39, 0.29) is 11.1 Å². The first-order valence-corrected chi connectivity index (χ1v) is 9.93. The second-order valence-electron chi connectivity index (χ2n) is 6.46. The second-order valence-corrected chi connectivity index (χ2v) is 8.34. The Hall–Kier alpha value is -2.20. The van der Waals surface area contributed by atoms with Crippen LogP contribution in [0.15, 0.2) is 23.6 Å². The van der Waals surface area contributed by atoms with Crippen molar-refractivity contribution in [2.45, 2.75) is 31.8 Å². The predicted octanol–water partition coefficient (Wildman–Crippen LogP) is 1.08. The van der Waals surface area contributed by atoms with Gasteiger partial charge in [-0.2, -0.15) is 9.29 Å². The van der Waals surface area contributed by atoms with E-state index in [2.05, 4.69) is 15.0 Å². The van der Waals surface area contributed by atoms with Gasteiger partial charge < -0.3 is 14.2 Å². The highest BCUT2D eigenvalue weighted by atomic mass is 32.2. The molecular weight excluding hydrogens is 356 g/mol. The Morgan fingerprint density at radius 2 is 1.85 bits per heavy atom. The van der Waals surface area contributed by atoms with Gasteiger partial charge in [0.25, 0.3) is 10.0 Å². The smallest absolute Gasteiger partial charge is 0.262 e. The van der Waals surface area contributed by atoms with Gasteiger partial charge in [0.05, 0.1) is 13.4 Å². The van der Waals surface area contributed by atoms with E-state index in [0.29, 0.717) is 37.9 Å². The molecule has 1 aliphatic rings. The standard InChI is InChI=1S/C16H24N6O3S/c1-12(2)21-10-16(17-11-21)26(23,24)22-7-5-20(6-8-22)14-9-15(25-4)19-13(3)18-14/h9-12H,5-8H2,1-4H3. The van der Waals surface area contributed by atoms with Crippen molar-refractivity contribution in [3.63, 3.8) is 0 Å². The Morgan fingerprint density at radius 3 is 2.42 bits per heavy atom. The molecule has 26 heavy (non-hydrogen) atoms. The third-order valence-corrected chi connectivity index (χ3v) is 6.14. The van der Waals surface area contributed by atoms with Gasteiger partial charge in [-0.15, -0.1) is 0 Å². The molecule has 3 heterocycles. The van der Waals surface area contributed by atoms with Crippen molar-refractivity contribution in [1.29, 1.82) is 0 Å². The molecule has 142 valence electrons. The van der Waals surface area contributed by atoms with Gasteiger partial charge in [0, 0.05) is 44.5 Å². The van der Waals surface area contributed by atoms with Crippen LogP contribution in [0, 0.1) is 6.92 Å². The number of rotatable bonds is 5. The summed E-state index contributed by atoms with van der Waals surface area (Å²) in [5.74, 6) is 1.87. The fourth-order valence-electron chi connectivity index (χ4n) is 2.82. The van der Waals surface area contributed by atoms with E-state index in [1.165, 1.54) is 4.31 Å². The van der Waals surface area contributed by atoms with Crippen LogP contribution >= 0.6 is 0 Å². The number of hydrogen-bond acceptors (Lipinski definition) is 7. The number of nitrogens with zero attached hydrogens (tertiary/aromatic N) is 6. The summed E-state index contributed by atoms with van der Waals surface area (Å²) < 4.78 is 34.1. The number of methoxy groups -OCH3 is 1. The zero-order chi connectivity index (χ0) is 18.9. The molecule has 1 saturated heterocycles. The molecule has 0 radical (unpaired) electrons. The molecule has 0 amide bonds. The summed E-state index contributed by atoms with van der Waals surface area (Å²) in [5, 5.41) is 0.0965. The van der Waals surface area contributed by atoms with Crippen molar-refractivity contribution < 1.29 is 13.2 Å². The monoisotopic (exact) mass is 380 g/mol. The van der Waals surface area contributed by atoms with Crippen LogP contribution in [0.4, 0.5) is 5.82 Å². The second kappa shape index (κ2) is 7.20. The van der Waals surface area contributed by atoms with Crippen LogP contribution in [0.25, 0.3) is 0 Å². The highest BCUT2D eigenvalue weighted by Crippen LogP contribution is 2.22. The third kappa shape index (κ3) is 3.65. The van der Waals surface area contributed by atoms with Gasteiger partial charge in [0.15, 0.2) is 5.03 Å². The molecule has 2 aromatic rings. The van der Waals surface area contributed by atoms with Crippen molar-refractivity contribution in [2.24, 2.45) is 0 Å². The van der Waals surface area contributed by atoms with Gasteiger partial charge in [-0.25, -0.2) is 18.4 Å². The van der Waals surface area contributed by atoms with Crippen molar-refractivity contribution >= 4 is 15.8 Å². The molecule has 0 bridgehead atoms. The first kappa shape index (κ1) is 18.6. The molecule has 0 saturated carbocycles. The first-order valence-electron chi connectivity index (χ1n) is 8.49. The summed E-state index contributed by atoms with van der Waals surface area (Å²) >= 11 is 0. The fraction of sp³-hybridized carbons (Fsp3) is 0.562. The summed E-state index contributed by atoms with van der Waals surface area (Å²) in [5.41, 5.74) is 0. The third-order valence-electron chi connectivity index (χ3n) is 4.35. The van der Waals surface area contributed by atoms with Crippen LogP contribution in [0.2, 0.25) is 0 Å². The SMILES string of the molecule is COc1cc(N2CCN(S(=O)(=O)c3cn(C(C)C)cn3)CC2)nc(C)n1. The minimum Gasteiger partial charge on any atom is -0.481 e. The average molecular weight is 380 g/mol. The largest absolute Gasteiger partial charge is 0.481 e. The molecule has 3 rings (SSSR count). The molecule has 0 unspecified atom stereocenters. The molecule has 0 aliphatic carbocycles. The van der Waals surface area contributed by atoms with Crippen LogP contribution < -0.4 is 9.64 Å². The van der Waals surface area contributed by atoms with Gasteiger partial charge in [0.2, 0.25) is 5.88 Å². The first-order chi connectivity index (χ1) is 12.3. The minimum atomic E-state index is -3.58. The molecule has 0 atom stereocenters. The van der Waals surface area contributed by atoms with Crippen LogP contribution in [0.3, 0.4) is 0 Å².